The van der Waals surface area contributed by atoms with E-state index >= 15 is 0 Å². The standard InChI is InChI=1S/C29H28N6O6S/c1-32-24-10-9-20(14-25(24)41-29(32)38)42(39,40)34-12-5-8-19(16-34)27(36)33-13-11-21-23(17-33)30-26-15-22(31-35(26)28(21)37)18-6-3-2-4-7-18/h2-4,6-7,9-10,14-15,19,31H,5,8,11-13,16-17H2,1H3/t19-/m1/s1. The molecule has 1 N–H and O–H groups in total. The Morgan fingerprint density at radius 1 is 1.07 bits per heavy atom. The Hall–Kier alpha value is -4.49. The van der Waals surface area contributed by atoms with Gasteiger partial charge in [0, 0.05) is 44.4 Å². The maximum atomic E-state index is 13.7. The number of nitrogens with zero attached hydrogens (tertiary/aromatic N) is 5. The van der Waals surface area contributed by atoms with Crippen LogP contribution >= 0.6 is 0 Å². The number of fused-ring (bicyclic) bond motifs is 3. The highest BCUT2D eigenvalue weighted by Gasteiger charge is 2.37. The highest BCUT2D eigenvalue weighted by Crippen LogP contribution is 2.28. The number of aryl methyl sites for hydroxylation is 1. The van der Waals surface area contributed by atoms with Crippen LogP contribution in [0.1, 0.15) is 24.1 Å². The highest BCUT2D eigenvalue weighted by atomic mass is 32.2. The van der Waals surface area contributed by atoms with E-state index in [1.165, 1.54) is 25.5 Å². The van der Waals surface area contributed by atoms with E-state index in [1.54, 1.807) is 18.0 Å². The fourth-order valence-electron chi connectivity index (χ4n) is 5.99. The Balaban J connectivity index is 1.11. The van der Waals surface area contributed by atoms with Gasteiger partial charge in [-0.3, -0.25) is 19.3 Å². The number of aromatic amines is 1. The Morgan fingerprint density at radius 2 is 1.88 bits per heavy atom. The Labute approximate surface area is 239 Å². The monoisotopic (exact) mass is 588 g/mol. The molecule has 13 heteroatoms. The Bertz CT molecular complexity index is 2090. The summed E-state index contributed by atoms with van der Waals surface area (Å²) >= 11 is 0. The van der Waals surface area contributed by atoms with Crippen LogP contribution in [-0.2, 0) is 34.8 Å². The van der Waals surface area contributed by atoms with Crippen molar-refractivity contribution in [3.05, 3.63) is 86.8 Å². The van der Waals surface area contributed by atoms with Crippen LogP contribution in [0, 0.1) is 5.92 Å². The van der Waals surface area contributed by atoms with E-state index in [4.69, 9.17) is 9.40 Å². The number of amides is 1. The number of carbonyl (C=O) groups excluding carboxylic acids is 1. The highest BCUT2D eigenvalue weighted by molar-refractivity contribution is 7.89. The zero-order valence-electron chi connectivity index (χ0n) is 22.8. The van der Waals surface area contributed by atoms with Crippen molar-refractivity contribution in [2.75, 3.05) is 19.6 Å². The number of oxazole rings is 1. The first kappa shape index (κ1) is 26.4. The third-order valence-electron chi connectivity index (χ3n) is 8.30. The zero-order valence-corrected chi connectivity index (χ0v) is 23.6. The number of rotatable bonds is 4. The molecule has 1 amide bonds. The van der Waals surface area contributed by atoms with Gasteiger partial charge in [0.2, 0.25) is 15.9 Å². The van der Waals surface area contributed by atoms with Crippen LogP contribution < -0.4 is 11.3 Å². The third kappa shape index (κ3) is 4.27. The number of piperidine rings is 1. The van der Waals surface area contributed by atoms with Gasteiger partial charge >= 0.3 is 5.76 Å². The fraction of sp³-hybridized carbons (Fsp3) is 0.310. The molecule has 12 nitrogen and oxygen atoms in total. The summed E-state index contributed by atoms with van der Waals surface area (Å²) in [5, 5.41) is 3.14. The summed E-state index contributed by atoms with van der Waals surface area (Å²) in [6.07, 6.45) is 1.47. The topological polar surface area (TPSA) is 143 Å². The summed E-state index contributed by atoms with van der Waals surface area (Å²) < 4.78 is 36.3. The number of benzene rings is 2. The van der Waals surface area contributed by atoms with Crippen molar-refractivity contribution < 1.29 is 17.6 Å². The van der Waals surface area contributed by atoms with E-state index in [9.17, 15) is 22.8 Å². The Morgan fingerprint density at radius 3 is 2.69 bits per heavy atom. The molecule has 0 unspecified atom stereocenters. The predicted molar refractivity (Wildman–Crippen MR) is 153 cm³/mol. The molecule has 0 bridgehead atoms. The molecular weight excluding hydrogens is 560 g/mol. The van der Waals surface area contributed by atoms with Crippen molar-refractivity contribution in [2.24, 2.45) is 13.0 Å². The molecule has 3 aromatic heterocycles. The second-order valence-corrected chi connectivity index (χ2v) is 12.8. The van der Waals surface area contributed by atoms with E-state index in [-0.39, 0.29) is 35.0 Å². The second kappa shape index (κ2) is 9.81. The van der Waals surface area contributed by atoms with E-state index < -0.39 is 21.7 Å². The van der Waals surface area contributed by atoms with Crippen LogP contribution in [0.5, 0.6) is 0 Å². The molecule has 0 spiro atoms. The maximum Gasteiger partial charge on any atom is 0.419 e. The Kier molecular flexibility index (Phi) is 6.17. The fourth-order valence-corrected chi connectivity index (χ4v) is 7.53. The van der Waals surface area contributed by atoms with Crippen molar-refractivity contribution >= 4 is 32.7 Å². The first-order chi connectivity index (χ1) is 20.2. The van der Waals surface area contributed by atoms with Gasteiger partial charge in [-0.1, -0.05) is 30.3 Å². The van der Waals surface area contributed by atoms with E-state index in [0.717, 1.165) is 11.3 Å². The number of hydrogen-bond acceptors (Lipinski definition) is 7. The molecule has 1 fully saturated rings. The summed E-state index contributed by atoms with van der Waals surface area (Å²) in [4.78, 5) is 45.2. The van der Waals surface area contributed by atoms with Crippen LogP contribution in [0.15, 0.2) is 73.5 Å². The molecular formula is C29H28N6O6S. The third-order valence-corrected chi connectivity index (χ3v) is 10.2. The van der Waals surface area contributed by atoms with Crippen molar-refractivity contribution in [3.8, 4) is 11.3 Å². The van der Waals surface area contributed by atoms with Crippen molar-refractivity contribution in [1.29, 1.82) is 0 Å². The molecule has 5 aromatic rings. The molecule has 42 heavy (non-hydrogen) atoms. The summed E-state index contributed by atoms with van der Waals surface area (Å²) in [5.74, 6) is -1.24. The molecule has 7 rings (SSSR count). The first-order valence-electron chi connectivity index (χ1n) is 13.8. The van der Waals surface area contributed by atoms with Gasteiger partial charge in [0.05, 0.1) is 34.3 Å². The van der Waals surface area contributed by atoms with Gasteiger partial charge in [-0.2, -0.15) is 4.31 Å². The van der Waals surface area contributed by atoms with Gasteiger partial charge in [-0.05, 0) is 37.0 Å². The van der Waals surface area contributed by atoms with Crippen LogP contribution in [0.3, 0.4) is 0 Å². The number of nitrogens with one attached hydrogen (secondary N) is 1. The SMILES string of the molecule is Cn1c(=O)oc2cc(S(=O)(=O)N3CCC[C@@H](C(=O)N4CCc5c(nc6cc(-c7ccccc7)[nH]n6c5=O)C4)C3)ccc21. The molecule has 2 aliphatic rings. The number of aromatic nitrogens is 4. The lowest BCUT2D eigenvalue weighted by molar-refractivity contribution is -0.137. The minimum absolute atomic E-state index is 0.0133. The number of H-pyrrole nitrogens is 1. The lowest BCUT2D eigenvalue weighted by Crippen LogP contribution is -2.48. The zero-order chi connectivity index (χ0) is 29.2. The number of sulfonamides is 1. The smallest absolute Gasteiger partial charge is 0.408 e. The number of carbonyl (C=O) groups is 1. The largest absolute Gasteiger partial charge is 0.419 e. The molecule has 5 heterocycles. The molecule has 2 aliphatic heterocycles. The van der Waals surface area contributed by atoms with Crippen LogP contribution in [0.2, 0.25) is 0 Å². The summed E-state index contributed by atoms with van der Waals surface area (Å²) in [5.41, 5.74) is 3.84. The molecule has 0 radical (unpaired) electrons. The van der Waals surface area contributed by atoms with Crippen LogP contribution in [0.4, 0.5) is 0 Å². The van der Waals surface area contributed by atoms with Gasteiger partial charge in [0.25, 0.3) is 5.56 Å². The summed E-state index contributed by atoms with van der Waals surface area (Å²) in [7, 11) is -2.37. The molecule has 0 aliphatic carbocycles. The number of hydrogen-bond donors (Lipinski definition) is 1. The quantitative estimate of drug-likeness (QED) is 0.339. The lowest BCUT2D eigenvalue weighted by Gasteiger charge is -2.35. The van der Waals surface area contributed by atoms with Gasteiger partial charge in [-0.15, -0.1) is 0 Å². The van der Waals surface area contributed by atoms with Crippen LogP contribution in [0.25, 0.3) is 28.0 Å². The summed E-state index contributed by atoms with van der Waals surface area (Å²) in [6, 6.07) is 15.8. The van der Waals surface area contributed by atoms with Crippen molar-refractivity contribution in [2.45, 2.75) is 30.7 Å². The lowest BCUT2D eigenvalue weighted by atomic mass is 9.96. The molecule has 0 saturated carbocycles. The molecule has 216 valence electrons. The molecule has 1 atom stereocenters. The van der Waals surface area contributed by atoms with Gasteiger partial charge in [-0.25, -0.2) is 22.7 Å². The molecule has 2 aromatic carbocycles. The minimum Gasteiger partial charge on any atom is -0.408 e. The predicted octanol–water partition coefficient (Wildman–Crippen LogP) is 2.12. The average molecular weight is 589 g/mol. The van der Waals surface area contributed by atoms with E-state index in [0.29, 0.717) is 54.8 Å². The van der Waals surface area contributed by atoms with E-state index in [2.05, 4.69) is 5.10 Å². The average Bonchev–Trinajstić information content (AvgIpc) is 3.57. The summed E-state index contributed by atoms with van der Waals surface area (Å²) in [6.45, 7) is 0.890. The van der Waals surface area contributed by atoms with Gasteiger partial charge in [0.1, 0.15) is 0 Å². The van der Waals surface area contributed by atoms with Gasteiger partial charge in [0.15, 0.2) is 11.2 Å². The first-order valence-corrected chi connectivity index (χ1v) is 15.2. The maximum absolute atomic E-state index is 13.7. The molecule has 1 saturated heterocycles. The van der Waals surface area contributed by atoms with Crippen molar-refractivity contribution in [3.63, 3.8) is 0 Å². The van der Waals surface area contributed by atoms with Crippen LogP contribution in [-0.4, -0.2) is 62.3 Å². The van der Waals surface area contributed by atoms with E-state index in [1.807, 2.05) is 36.4 Å². The second-order valence-electron chi connectivity index (χ2n) is 10.8. The van der Waals surface area contributed by atoms with Gasteiger partial charge < -0.3 is 9.32 Å². The van der Waals surface area contributed by atoms with Crippen molar-refractivity contribution in [1.82, 2.24) is 28.4 Å². The normalized spacial score (nSPS) is 18.0. The minimum atomic E-state index is -3.92.